The lowest BCUT2D eigenvalue weighted by molar-refractivity contribution is 0.476. The van der Waals surface area contributed by atoms with E-state index in [1.165, 1.54) is 0 Å². The van der Waals surface area contributed by atoms with Gasteiger partial charge in [0.1, 0.15) is 0 Å². The maximum Gasteiger partial charge on any atom is 0.0908 e. The Balaban J connectivity index is 2.58. The van der Waals surface area contributed by atoms with Crippen LogP contribution < -0.4 is 11.3 Å². The second kappa shape index (κ2) is 6.33. The third-order valence-electron chi connectivity index (χ3n) is 3.01. The molecule has 1 unspecified atom stereocenters. The molecule has 0 fully saturated rings. The van der Waals surface area contributed by atoms with Crippen LogP contribution in [0.15, 0.2) is 24.4 Å². The molecule has 2 rings (SSSR count). The van der Waals surface area contributed by atoms with Crippen molar-refractivity contribution in [2.45, 2.75) is 25.9 Å². The molecule has 20 heavy (non-hydrogen) atoms. The largest absolute Gasteiger partial charge is 0.271 e. The summed E-state index contributed by atoms with van der Waals surface area (Å²) in [5, 5.41) is 5.72. The van der Waals surface area contributed by atoms with Gasteiger partial charge in [0.2, 0.25) is 0 Å². The summed E-state index contributed by atoms with van der Waals surface area (Å²) >= 11 is 18.6. The molecule has 0 aliphatic heterocycles. The summed E-state index contributed by atoms with van der Waals surface area (Å²) in [5.74, 6) is 5.70. The average Bonchev–Trinajstić information content (AvgIpc) is 2.78. The number of aromatic nitrogens is 2. The molecular weight excluding hydrogens is 319 g/mol. The molecule has 1 aromatic heterocycles. The number of nitrogens with one attached hydrogen (secondary N) is 1. The second-order valence-corrected chi connectivity index (χ2v) is 5.85. The molecule has 0 saturated carbocycles. The highest BCUT2D eigenvalue weighted by atomic mass is 35.5. The van der Waals surface area contributed by atoms with Gasteiger partial charge in [-0.15, -0.1) is 0 Å². The van der Waals surface area contributed by atoms with Crippen LogP contribution in [-0.2, 0) is 0 Å². The first-order chi connectivity index (χ1) is 9.47. The molecule has 1 atom stereocenters. The Bertz CT molecular complexity index is 610. The minimum Gasteiger partial charge on any atom is -0.271 e. The van der Waals surface area contributed by atoms with Crippen LogP contribution in [0.1, 0.15) is 37.2 Å². The lowest BCUT2D eigenvalue weighted by atomic mass is 10.0. The van der Waals surface area contributed by atoms with E-state index in [4.69, 9.17) is 40.6 Å². The van der Waals surface area contributed by atoms with Crippen LogP contribution in [0.3, 0.4) is 0 Å². The first kappa shape index (κ1) is 15.6. The van der Waals surface area contributed by atoms with E-state index in [1.807, 2.05) is 30.7 Å². The zero-order valence-corrected chi connectivity index (χ0v) is 13.3. The van der Waals surface area contributed by atoms with Crippen molar-refractivity contribution in [1.82, 2.24) is 15.2 Å². The Kier molecular flexibility index (Phi) is 4.94. The number of rotatable bonds is 4. The normalized spacial score (nSPS) is 12.9. The second-order valence-electron chi connectivity index (χ2n) is 4.66. The van der Waals surface area contributed by atoms with Gasteiger partial charge < -0.3 is 0 Å². The highest BCUT2D eigenvalue weighted by molar-refractivity contribution is 6.42. The van der Waals surface area contributed by atoms with Gasteiger partial charge in [-0.2, -0.15) is 5.10 Å². The third kappa shape index (κ3) is 2.80. The lowest BCUT2D eigenvalue weighted by Crippen LogP contribution is -2.31. The van der Waals surface area contributed by atoms with Gasteiger partial charge >= 0.3 is 0 Å². The fraction of sp³-hybridized carbons (Fsp3) is 0.308. The molecule has 0 saturated heterocycles. The molecule has 3 N–H and O–H groups in total. The number of halogens is 3. The Morgan fingerprint density at radius 1 is 1.20 bits per heavy atom. The monoisotopic (exact) mass is 332 g/mol. The van der Waals surface area contributed by atoms with Crippen molar-refractivity contribution in [2.75, 3.05) is 0 Å². The Labute approximate surface area is 132 Å². The van der Waals surface area contributed by atoms with Crippen molar-refractivity contribution in [1.29, 1.82) is 0 Å². The van der Waals surface area contributed by atoms with Crippen molar-refractivity contribution in [3.8, 4) is 0 Å². The van der Waals surface area contributed by atoms with Gasteiger partial charge in [-0.3, -0.25) is 10.5 Å². The minimum atomic E-state index is -0.390. The van der Waals surface area contributed by atoms with E-state index in [9.17, 15) is 0 Å². The van der Waals surface area contributed by atoms with Crippen LogP contribution in [0.25, 0.3) is 0 Å². The summed E-state index contributed by atoms with van der Waals surface area (Å²) in [6, 6.07) is 5.15. The fourth-order valence-corrected chi connectivity index (χ4v) is 2.75. The molecule has 1 aromatic carbocycles. The lowest BCUT2D eigenvalue weighted by Gasteiger charge is -2.21. The SMILES string of the molecule is CC(C)n1ncc(Cl)c1C(NN)c1cccc(Cl)c1Cl. The van der Waals surface area contributed by atoms with Crippen molar-refractivity contribution < 1.29 is 0 Å². The van der Waals surface area contributed by atoms with Crippen LogP contribution in [-0.4, -0.2) is 9.78 Å². The molecule has 0 spiro atoms. The van der Waals surface area contributed by atoms with E-state index in [2.05, 4.69) is 10.5 Å². The Hall–Kier alpha value is -0.780. The van der Waals surface area contributed by atoms with Gasteiger partial charge in [0.05, 0.1) is 33.0 Å². The number of nitrogens with zero attached hydrogens (tertiary/aromatic N) is 2. The molecule has 1 heterocycles. The number of hydrogen-bond acceptors (Lipinski definition) is 3. The van der Waals surface area contributed by atoms with Crippen molar-refractivity contribution in [3.05, 3.63) is 50.7 Å². The van der Waals surface area contributed by atoms with E-state index in [0.717, 1.165) is 11.3 Å². The highest BCUT2D eigenvalue weighted by Gasteiger charge is 2.24. The van der Waals surface area contributed by atoms with Crippen molar-refractivity contribution in [2.24, 2.45) is 5.84 Å². The van der Waals surface area contributed by atoms with Crippen molar-refractivity contribution in [3.63, 3.8) is 0 Å². The zero-order chi connectivity index (χ0) is 14.9. The van der Waals surface area contributed by atoms with Crippen molar-refractivity contribution >= 4 is 34.8 Å². The highest BCUT2D eigenvalue weighted by Crippen LogP contribution is 2.36. The van der Waals surface area contributed by atoms with Gasteiger partial charge in [0.15, 0.2) is 0 Å². The van der Waals surface area contributed by atoms with Crippen LogP contribution in [0.2, 0.25) is 15.1 Å². The molecule has 108 valence electrons. The summed E-state index contributed by atoms with van der Waals surface area (Å²) in [6.07, 6.45) is 1.60. The minimum absolute atomic E-state index is 0.145. The molecule has 7 heteroatoms. The standard InChI is InChI=1S/C13H15Cl3N4/c1-7(2)20-13(10(15)6-18-20)12(19-17)8-4-3-5-9(14)11(8)16/h3-7,12,19H,17H2,1-2H3. The summed E-state index contributed by atoms with van der Waals surface area (Å²) in [5.41, 5.74) is 4.25. The van der Waals surface area contributed by atoms with Gasteiger partial charge in [-0.05, 0) is 25.5 Å². The van der Waals surface area contributed by atoms with Crippen LogP contribution in [0.4, 0.5) is 0 Å². The summed E-state index contributed by atoms with van der Waals surface area (Å²) in [7, 11) is 0. The van der Waals surface area contributed by atoms with Gasteiger partial charge in [0.25, 0.3) is 0 Å². The zero-order valence-electron chi connectivity index (χ0n) is 11.1. The number of nitrogens with two attached hydrogens (primary N) is 1. The van der Waals surface area contributed by atoms with Crippen LogP contribution >= 0.6 is 34.8 Å². The van der Waals surface area contributed by atoms with Gasteiger partial charge in [-0.25, -0.2) is 5.43 Å². The van der Waals surface area contributed by atoms with E-state index in [-0.39, 0.29) is 6.04 Å². The maximum atomic E-state index is 6.27. The summed E-state index contributed by atoms with van der Waals surface area (Å²) < 4.78 is 1.81. The third-order valence-corrected chi connectivity index (χ3v) is 4.13. The number of benzene rings is 1. The number of hydrogen-bond donors (Lipinski definition) is 2. The molecule has 0 aliphatic carbocycles. The molecule has 0 bridgehead atoms. The predicted octanol–water partition coefficient (Wildman–Crippen LogP) is 3.98. The molecule has 0 aliphatic rings. The topological polar surface area (TPSA) is 55.9 Å². The predicted molar refractivity (Wildman–Crippen MR) is 83.3 cm³/mol. The molecule has 2 aromatic rings. The Morgan fingerprint density at radius 3 is 2.50 bits per heavy atom. The first-order valence-corrected chi connectivity index (χ1v) is 7.23. The van der Waals surface area contributed by atoms with Crippen LogP contribution in [0.5, 0.6) is 0 Å². The molecule has 0 amide bonds. The quantitative estimate of drug-likeness (QED) is 0.657. The van der Waals surface area contributed by atoms with Crippen LogP contribution in [0, 0.1) is 0 Å². The average molecular weight is 334 g/mol. The van der Waals surface area contributed by atoms with E-state index >= 15 is 0 Å². The van der Waals surface area contributed by atoms with E-state index in [0.29, 0.717) is 15.1 Å². The Morgan fingerprint density at radius 2 is 1.90 bits per heavy atom. The smallest absolute Gasteiger partial charge is 0.0908 e. The van der Waals surface area contributed by atoms with E-state index in [1.54, 1.807) is 12.3 Å². The fourth-order valence-electron chi connectivity index (χ4n) is 2.09. The molecule has 4 nitrogen and oxygen atoms in total. The van der Waals surface area contributed by atoms with E-state index < -0.39 is 6.04 Å². The molecule has 0 radical (unpaired) electrons. The van der Waals surface area contributed by atoms with Gasteiger partial charge in [-0.1, -0.05) is 46.9 Å². The van der Waals surface area contributed by atoms with Gasteiger partial charge in [0, 0.05) is 6.04 Å². The first-order valence-electron chi connectivity index (χ1n) is 6.10. The maximum absolute atomic E-state index is 6.27. The summed E-state index contributed by atoms with van der Waals surface area (Å²) in [4.78, 5) is 0. The number of hydrazine groups is 1. The summed E-state index contributed by atoms with van der Waals surface area (Å²) in [6.45, 7) is 4.03. The molecular formula is C13H15Cl3N4.